The van der Waals surface area contributed by atoms with Crippen molar-refractivity contribution in [2.45, 2.75) is 27.8 Å². The summed E-state index contributed by atoms with van der Waals surface area (Å²) in [5, 5.41) is 8.87. The first kappa shape index (κ1) is 21.7. The molecular formula is C24H17Cl2N5OS2. The Morgan fingerprint density at radius 2 is 1.59 bits per heavy atom. The van der Waals surface area contributed by atoms with Gasteiger partial charge in [-0.3, -0.25) is 9.89 Å². The molecule has 0 aliphatic carbocycles. The molecule has 1 amide bonds. The number of carbonyl (C=O) groups excluding carboxylic acids is 1. The first-order valence-corrected chi connectivity index (χ1v) is 12.6. The molecule has 2 aliphatic heterocycles. The number of anilines is 2. The van der Waals surface area contributed by atoms with Gasteiger partial charge in [0, 0.05) is 14.8 Å². The summed E-state index contributed by atoms with van der Waals surface area (Å²) in [6.45, 7) is 0.409. The van der Waals surface area contributed by atoms with Crippen molar-refractivity contribution in [2.24, 2.45) is 0 Å². The van der Waals surface area contributed by atoms with Crippen molar-refractivity contribution in [3.05, 3.63) is 94.0 Å². The summed E-state index contributed by atoms with van der Waals surface area (Å²) in [6, 6.07) is 23.4. The van der Waals surface area contributed by atoms with Gasteiger partial charge in [-0.2, -0.15) is 5.10 Å². The summed E-state index contributed by atoms with van der Waals surface area (Å²) >= 11 is 19.8. The Morgan fingerprint density at radius 3 is 2.24 bits per heavy atom. The summed E-state index contributed by atoms with van der Waals surface area (Å²) < 4.78 is 2.00. The van der Waals surface area contributed by atoms with Crippen molar-refractivity contribution in [3.63, 3.8) is 0 Å². The number of aromatic amines is 1. The van der Waals surface area contributed by atoms with Gasteiger partial charge in [-0.05, 0) is 54.2 Å². The molecule has 6 nitrogen and oxygen atoms in total. The average molecular weight is 526 g/mol. The Balaban J connectivity index is 1.41. The number of nitrogens with one attached hydrogen (secondary N) is 1. The molecule has 10 heteroatoms. The molecule has 0 spiro atoms. The van der Waals surface area contributed by atoms with Crippen LogP contribution in [0.15, 0.2) is 82.6 Å². The standard InChI is InChI=1S/C24H17Cl2N5OS2/c25-15-11-9-14(10-12-15)22-21(26)23(32)31(22)30-20(27-28-24(30)33)13-29-16-5-1-3-7-18(16)34-19-8-4-2-6-17(19)29/h1-12,21-22H,13H2,(H,28,33). The van der Waals surface area contributed by atoms with Crippen LogP contribution in [0.1, 0.15) is 17.4 Å². The molecule has 2 unspecified atom stereocenters. The molecule has 3 aromatic carbocycles. The van der Waals surface area contributed by atoms with Gasteiger partial charge in [0.1, 0.15) is 11.4 Å². The van der Waals surface area contributed by atoms with Crippen LogP contribution in [0.4, 0.5) is 11.4 Å². The topological polar surface area (TPSA) is 57.2 Å². The van der Waals surface area contributed by atoms with Crippen LogP contribution in [0, 0.1) is 4.77 Å². The van der Waals surface area contributed by atoms with Gasteiger partial charge < -0.3 is 4.90 Å². The summed E-state index contributed by atoms with van der Waals surface area (Å²) in [4.78, 5) is 17.5. The minimum Gasteiger partial charge on any atom is -0.332 e. The van der Waals surface area contributed by atoms with Crippen molar-refractivity contribution >= 4 is 64.5 Å². The van der Waals surface area contributed by atoms with Crippen LogP contribution in [-0.2, 0) is 11.3 Å². The van der Waals surface area contributed by atoms with Crippen LogP contribution in [0.3, 0.4) is 0 Å². The van der Waals surface area contributed by atoms with E-state index in [2.05, 4.69) is 39.4 Å². The molecule has 0 saturated carbocycles. The van der Waals surface area contributed by atoms with E-state index in [1.54, 1.807) is 33.6 Å². The highest BCUT2D eigenvalue weighted by atomic mass is 35.5. The quantitative estimate of drug-likeness (QED) is 0.194. The lowest BCUT2D eigenvalue weighted by Crippen LogP contribution is -2.62. The lowest BCUT2D eigenvalue weighted by atomic mass is 9.95. The minimum absolute atomic E-state index is 0.227. The molecule has 0 radical (unpaired) electrons. The van der Waals surface area contributed by atoms with Crippen LogP contribution in [0.2, 0.25) is 5.02 Å². The minimum atomic E-state index is -0.696. The largest absolute Gasteiger partial charge is 0.332 e. The van der Waals surface area contributed by atoms with E-state index >= 15 is 0 Å². The van der Waals surface area contributed by atoms with Crippen LogP contribution in [0.5, 0.6) is 0 Å². The molecule has 2 atom stereocenters. The molecule has 0 bridgehead atoms. The number of H-pyrrole nitrogens is 1. The van der Waals surface area contributed by atoms with Crippen molar-refractivity contribution in [2.75, 3.05) is 9.91 Å². The predicted molar refractivity (Wildman–Crippen MR) is 137 cm³/mol. The third-order valence-electron chi connectivity index (χ3n) is 5.98. The Morgan fingerprint density at radius 1 is 0.971 bits per heavy atom. The summed E-state index contributed by atoms with van der Waals surface area (Å²) in [5.74, 6) is 0.382. The maximum Gasteiger partial charge on any atom is 0.262 e. The number of amides is 1. The van der Waals surface area contributed by atoms with Gasteiger partial charge in [0.15, 0.2) is 5.82 Å². The molecule has 170 valence electrons. The van der Waals surface area contributed by atoms with Crippen LogP contribution >= 0.6 is 47.2 Å². The molecule has 34 heavy (non-hydrogen) atoms. The van der Waals surface area contributed by atoms with Gasteiger partial charge in [0.25, 0.3) is 5.91 Å². The van der Waals surface area contributed by atoms with Gasteiger partial charge >= 0.3 is 0 Å². The number of fused-ring (bicyclic) bond motifs is 2. The van der Waals surface area contributed by atoms with Crippen molar-refractivity contribution < 1.29 is 4.79 Å². The normalized spacial score (nSPS) is 18.9. The molecule has 2 aliphatic rings. The van der Waals surface area contributed by atoms with Gasteiger partial charge in [-0.25, -0.2) is 9.69 Å². The zero-order valence-corrected chi connectivity index (χ0v) is 20.7. The summed E-state index contributed by atoms with van der Waals surface area (Å²) in [6.07, 6.45) is 0. The summed E-state index contributed by atoms with van der Waals surface area (Å²) in [7, 11) is 0. The molecule has 3 heterocycles. The van der Waals surface area contributed by atoms with E-state index in [1.807, 2.05) is 36.4 Å². The summed E-state index contributed by atoms with van der Waals surface area (Å²) in [5.41, 5.74) is 3.03. The monoisotopic (exact) mass is 525 g/mol. The third-order valence-corrected chi connectivity index (χ3v) is 8.05. The SMILES string of the molecule is O=C1C(Cl)C(c2ccc(Cl)cc2)N1n1c(CN2c3ccccc3Sc3ccccc32)n[nH]c1=S. The number of nitrogens with zero attached hydrogens (tertiary/aromatic N) is 4. The molecule has 1 aromatic heterocycles. The Bertz CT molecular complexity index is 1420. The first-order chi connectivity index (χ1) is 16.5. The highest BCUT2D eigenvalue weighted by molar-refractivity contribution is 7.99. The maximum atomic E-state index is 12.9. The number of hydrogen-bond acceptors (Lipinski definition) is 5. The van der Waals surface area contributed by atoms with Crippen LogP contribution in [0.25, 0.3) is 0 Å². The first-order valence-electron chi connectivity index (χ1n) is 10.6. The van der Waals surface area contributed by atoms with Gasteiger partial charge in [-0.1, -0.05) is 59.8 Å². The number of rotatable bonds is 4. The number of carbonyl (C=O) groups is 1. The van der Waals surface area contributed by atoms with E-state index in [-0.39, 0.29) is 11.9 Å². The average Bonchev–Trinajstić information content (AvgIpc) is 3.21. The Labute approximate surface area is 215 Å². The van der Waals surface area contributed by atoms with E-state index in [0.29, 0.717) is 22.2 Å². The predicted octanol–water partition coefficient (Wildman–Crippen LogP) is 6.22. The second kappa shape index (κ2) is 8.46. The van der Waals surface area contributed by atoms with Gasteiger partial charge in [0.2, 0.25) is 4.77 Å². The molecular weight excluding hydrogens is 509 g/mol. The zero-order valence-electron chi connectivity index (χ0n) is 17.6. The number of halogens is 2. The Kier molecular flexibility index (Phi) is 5.41. The van der Waals surface area contributed by atoms with E-state index in [4.69, 9.17) is 35.4 Å². The second-order valence-electron chi connectivity index (χ2n) is 7.96. The third kappa shape index (κ3) is 3.44. The molecule has 6 rings (SSSR count). The number of hydrogen-bond donors (Lipinski definition) is 1. The molecule has 1 fully saturated rings. The molecule has 4 aromatic rings. The van der Waals surface area contributed by atoms with Crippen molar-refractivity contribution in [1.29, 1.82) is 0 Å². The fourth-order valence-corrected chi connectivity index (χ4v) is 6.19. The fourth-order valence-electron chi connectivity index (χ4n) is 4.38. The van der Waals surface area contributed by atoms with Crippen molar-refractivity contribution in [3.8, 4) is 0 Å². The number of para-hydroxylation sites is 2. The lowest BCUT2D eigenvalue weighted by molar-refractivity contribution is -0.126. The number of β-lactam (4-membered cyclic amide) rings is 1. The lowest BCUT2D eigenvalue weighted by Gasteiger charge is -2.44. The smallest absolute Gasteiger partial charge is 0.262 e. The maximum absolute atomic E-state index is 12.9. The highest BCUT2D eigenvalue weighted by Gasteiger charge is 2.49. The number of alkyl halides is 1. The number of benzene rings is 3. The highest BCUT2D eigenvalue weighted by Crippen LogP contribution is 2.48. The van der Waals surface area contributed by atoms with E-state index in [9.17, 15) is 4.79 Å². The van der Waals surface area contributed by atoms with E-state index in [1.165, 1.54) is 0 Å². The molecule has 1 saturated heterocycles. The Hall–Kier alpha value is -2.78. The van der Waals surface area contributed by atoms with Crippen LogP contribution < -0.4 is 9.91 Å². The van der Waals surface area contributed by atoms with Gasteiger partial charge in [0.05, 0.1) is 17.9 Å². The van der Waals surface area contributed by atoms with E-state index < -0.39 is 5.38 Å². The number of aromatic nitrogens is 3. The van der Waals surface area contributed by atoms with Crippen LogP contribution in [-0.4, -0.2) is 26.2 Å². The zero-order chi connectivity index (χ0) is 23.4. The van der Waals surface area contributed by atoms with Gasteiger partial charge in [-0.15, -0.1) is 11.6 Å². The fraction of sp³-hybridized carbons (Fsp3) is 0.125. The second-order valence-corrected chi connectivity index (χ2v) is 10.3. The van der Waals surface area contributed by atoms with E-state index in [0.717, 1.165) is 26.7 Å². The van der Waals surface area contributed by atoms with Crippen molar-refractivity contribution in [1.82, 2.24) is 14.9 Å². The molecule has 1 N–H and O–H groups in total.